The normalized spacial score (nSPS) is 14.9. The van der Waals surface area contributed by atoms with Gasteiger partial charge >= 0.3 is 0 Å². The summed E-state index contributed by atoms with van der Waals surface area (Å²) in [6, 6.07) is 18.0. The van der Waals surface area contributed by atoms with Crippen molar-refractivity contribution in [2.75, 3.05) is 53.0 Å². The average molecular weight is 396 g/mol. The van der Waals surface area contributed by atoms with Gasteiger partial charge in [0.25, 0.3) is 0 Å². The molecule has 1 aliphatic heterocycles. The van der Waals surface area contributed by atoms with E-state index in [0.717, 1.165) is 62.1 Å². The van der Waals surface area contributed by atoms with E-state index in [0.29, 0.717) is 19.6 Å². The van der Waals surface area contributed by atoms with Crippen LogP contribution in [0.5, 0.6) is 17.2 Å². The molecule has 0 unspecified atom stereocenters. The molecule has 0 bridgehead atoms. The number of ether oxygens (including phenoxy) is 3. The van der Waals surface area contributed by atoms with Crippen LogP contribution >= 0.6 is 0 Å². The van der Waals surface area contributed by atoms with Crippen LogP contribution in [0.25, 0.3) is 0 Å². The van der Waals surface area contributed by atoms with Crippen molar-refractivity contribution >= 4 is 0 Å². The van der Waals surface area contributed by atoms with Crippen LogP contribution in [0.3, 0.4) is 0 Å². The molecule has 0 saturated carbocycles. The first-order chi connectivity index (χ1) is 14.3. The lowest BCUT2D eigenvalue weighted by Crippen LogP contribution is -2.46. The van der Waals surface area contributed by atoms with Gasteiger partial charge in [0.05, 0.1) is 13.2 Å². The maximum absolute atomic E-state index is 8.76. The summed E-state index contributed by atoms with van der Waals surface area (Å²) in [5, 5.41) is 8.76. The molecule has 0 aromatic heterocycles. The monoisotopic (exact) mass is 395 g/mol. The summed E-state index contributed by atoms with van der Waals surface area (Å²) in [7, 11) is 1.67. The Labute approximate surface area is 173 Å². The Morgan fingerprint density at radius 2 is 1.62 bits per heavy atom. The number of piperazine rings is 1. The van der Waals surface area contributed by atoms with Gasteiger partial charge in [0.15, 0.2) is 11.5 Å². The molecule has 0 radical (unpaired) electrons. The van der Waals surface area contributed by atoms with Crippen molar-refractivity contribution < 1.29 is 14.2 Å². The van der Waals surface area contributed by atoms with E-state index >= 15 is 0 Å². The zero-order valence-electron chi connectivity index (χ0n) is 17.0. The number of hydrogen-bond donors (Lipinski definition) is 0. The Morgan fingerprint density at radius 1 is 0.897 bits per heavy atom. The summed E-state index contributed by atoms with van der Waals surface area (Å²) in [5.41, 5.74) is 1.12. The minimum atomic E-state index is 0.449. The second-order valence-electron chi connectivity index (χ2n) is 6.98. The average Bonchev–Trinajstić information content (AvgIpc) is 2.77. The SMILES string of the molecule is COc1cccc(CN2CCN(CCC#N)CC2)c1OCCOc1ccccc1. The van der Waals surface area contributed by atoms with Gasteiger partial charge < -0.3 is 14.2 Å². The molecular weight excluding hydrogens is 366 g/mol. The second-order valence-corrected chi connectivity index (χ2v) is 6.98. The molecule has 2 aromatic carbocycles. The number of nitriles is 1. The fourth-order valence-electron chi connectivity index (χ4n) is 3.45. The highest BCUT2D eigenvalue weighted by molar-refractivity contribution is 5.46. The number of para-hydroxylation sites is 2. The molecular formula is C23H29N3O3. The number of nitrogens with zero attached hydrogens (tertiary/aromatic N) is 3. The summed E-state index contributed by atoms with van der Waals surface area (Å²) in [6.45, 7) is 6.55. The molecule has 0 amide bonds. The molecule has 0 aliphatic carbocycles. The highest BCUT2D eigenvalue weighted by Crippen LogP contribution is 2.32. The van der Waals surface area contributed by atoms with Crippen molar-refractivity contribution in [1.29, 1.82) is 5.26 Å². The van der Waals surface area contributed by atoms with Crippen LogP contribution in [0.15, 0.2) is 48.5 Å². The highest BCUT2D eigenvalue weighted by Gasteiger charge is 2.19. The zero-order chi connectivity index (χ0) is 20.3. The largest absolute Gasteiger partial charge is 0.493 e. The van der Waals surface area contributed by atoms with Crippen molar-refractivity contribution in [3.8, 4) is 23.3 Å². The van der Waals surface area contributed by atoms with Gasteiger partial charge in [-0.25, -0.2) is 0 Å². The smallest absolute Gasteiger partial charge is 0.165 e. The molecule has 6 heteroatoms. The van der Waals surface area contributed by atoms with Crippen LogP contribution in [0.2, 0.25) is 0 Å². The van der Waals surface area contributed by atoms with Gasteiger partial charge in [0.2, 0.25) is 0 Å². The van der Waals surface area contributed by atoms with Crippen molar-refractivity contribution in [3.05, 3.63) is 54.1 Å². The van der Waals surface area contributed by atoms with Crippen molar-refractivity contribution in [3.63, 3.8) is 0 Å². The maximum Gasteiger partial charge on any atom is 0.165 e. The van der Waals surface area contributed by atoms with E-state index in [4.69, 9.17) is 19.5 Å². The van der Waals surface area contributed by atoms with Gasteiger partial charge in [0, 0.05) is 51.3 Å². The predicted molar refractivity (Wildman–Crippen MR) is 112 cm³/mol. The molecule has 154 valence electrons. The van der Waals surface area contributed by atoms with Gasteiger partial charge in [-0.15, -0.1) is 0 Å². The summed E-state index contributed by atoms with van der Waals surface area (Å²) >= 11 is 0. The topological polar surface area (TPSA) is 58.0 Å². The van der Waals surface area contributed by atoms with Crippen molar-refractivity contribution in [1.82, 2.24) is 9.80 Å². The zero-order valence-corrected chi connectivity index (χ0v) is 17.0. The third-order valence-electron chi connectivity index (χ3n) is 5.02. The molecule has 0 N–H and O–H groups in total. The lowest BCUT2D eigenvalue weighted by atomic mass is 10.1. The van der Waals surface area contributed by atoms with Gasteiger partial charge in [-0.3, -0.25) is 9.80 Å². The fraction of sp³-hybridized carbons (Fsp3) is 0.435. The molecule has 1 aliphatic rings. The minimum Gasteiger partial charge on any atom is -0.493 e. The number of rotatable bonds is 10. The first-order valence-corrected chi connectivity index (χ1v) is 10.1. The Balaban J connectivity index is 1.54. The van der Waals surface area contributed by atoms with E-state index in [9.17, 15) is 0 Å². The van der Waals surface area contributed by atoms with E-state index in [-0.39, 0.29) is 0 Å². The Morgan fingerprint density at radius 3 is 2.34 bits per heavy atom. The van der Waals surface area contributed by atoms with Crippen LogP contribution in [-0.4, -0.2) is 62.8 Å². The van der Waals surface area contributed by atoms with E-state index in [1.54, 1.807) is 7.11 Å². The van der Waals surface area contributed by atoms with E-state index in [2.05, 4.69) is 21.9 Å². The molecule has 2 aromatic rings. The van der Waals surface area contributed by atoms with Crippen LogP contribution < -0.4 is 14.2 Å². The molecule has 1 heterocycles. The van der Waals surface area contributed by atoms with Gasteiger partial charge in [-0.05, 0) is 18.2 Å². The minimum absolute atomic E-state index is 0.449. The van der Waals surface area contributed by atoms with E-state index in [1.165, 1.54) is 0 Å². The van der Waals surface area contributed by atoms with Gasteiger partial charge in [0.1, 0.15) is 19.0 Å². The first-order valence-electron chi connectivity index (χ1n) is 10.1. The van der Waals surface area contributed by atoms with Crippen LogP contribution in [0, 0.1) is 11.3 Å². The third kappa shape index (κ3) is 6.38. The second kappa shape index (κ2) is 11.3. The quantitative estimate of drug-likeness (QED) is 0.576. The first kappa shape index (κ1) is 21.0. The van der Waals surface area contributed by atoms with Crippen LogP contribution in [-0.2, 0) is 6.54 Å². The van der Waals surface area contributed by atoms with Gasteiger partial charge in [-0.2, -0.15) is 5.26 Å². The molecule has 0 atom stereocenters. The van der Waals surface area contributed by atoms with Crippen molar-refractivity contribution in [2.24, 2.45) is 0 Å². The van der Waals surface area contributed by atoms with Gasteiger partial charge in [-0.1, -0.05) is 30.3 Å². The number of benzene rings is 2. The standard InChI is InChI=1S/C23H29N3O3/c1-27-22-10-5-7-20(19-26-15-13-25(14-16-26)12-6-11-24)23(22)29-18-17-28-21-8-3-2-4-9-21/h2-5,7-10H,6,12-19H2,1H3. The van der Waals surface area contributed by atoms with Crippen LogP contribution in [0.1, 0.15) is 12.0 Å². The van der Waals surface area contributed by atoms with Crippen LogP contribution in [0.4, 0.5) is 0 Å². The Kier molecular flexibility index (Phi) is 8.17. The Bertz CT molecular complexity index is 784. The predicted octanol–water partition coefficient (Wildman–Crippen LogP) is 3.18. The molecule has 1 saturated heterocycles. The maximum atomic E-state index is 8.76. The lowest BCUT2D eigenvalue weighted by molar-refractivity contribution is 0.127. The third-order valence-corrected chi connectivity index (χ3v) is 5.02. The summed E-state index contributed by atoms with van der Waals surface area (Å²) in [5.74, 6) is 2.37. The fourth-order valence-corrected chi connectivity index (χ4v) is 3.45. The Hall–Kier alpha value is -2.75. The lowest BCUT2D eigenvalue weighted by Gasteiger charge is -2.34. The van der Waals surface area contributed by atoms with Crippen molar-refractivity contribution in [2.45, 2.75) is 13.0 Å². The molecule has 3 rings (SSSR count). The summed E-state index contributed by atoms with van der Waals surface area (Å²) in [4.78, 5) is 4.77. The van der Waals surface area contributed by atoms with E-state index in [1.807, 2.05) is 42.5 Å². The molecule has 0 spiro atoms. The van der Waals surface area contributed by atoms with E-state index < -0.39 is 0 Å². The molecule has 1 fully saturated rings. The summed E-state index contributed by atoms with van der Waals surface area (Å²) in [6.07, 6.45) is 0.596. The highest BCUT2D eigenvalue weighted by atomic mass is 16.5. The summed E-state index contributed by atoms with van der Waals surface area (Å²) < 4.78 is 17.3. The molecule has 6 nitrogen and oxygen atoms in total. The number of methoxy groups -OCH3 is 1. The molecule has 29 heavy (non-hydrogen) atoms. The number of hydrogen-bond acceptors (Lipinski definition) is 6.